The Labute approximate surface area is 47.8 Å². The molecule has 30 valence electrons. The number of nitrogens with two attached hydrogens (primary N) is 1. The van der Waals surface area contributed by atoms with Crippen molar-refractivity contribution in [3.05, 3.63) is 6.54 Å². The van der Waals surface area contributed by atoms with Gasteiger partial charge in [-0.25, -0.2) is 0 Å². The van der Waals surface area contributed by atoms with Crippen LogP contribution in [0.15, 0.2) is 0 Å². The van der Waals surface area contributed by atoms with E-state index < -0.39 is 0 Å². The summed E-state index contributed by atoms with van der Waals surface area (Å²) in [4.78, 5) is 0. The van der Waals surface area contributed by atoms with Gasteiger partial charge >= 0.3 is 0 Å². The summed E-state index contributed by atoms with van der Waals surface area (Å²) in [5.74, 6) is 0. The molecular formula is C3H8NTi-. The van der Waals surface area contributed by atoms with E-state index in [0.717, 1.165) is 6.42 Å². The predicted octanol–water partition coefficient (Wildman–Crippen LogP) is 0.514. The van der Waals surface area contributed by atoms with E-state index >= 15 is 0 Å². The Kier molecular flexibility index (Phi) is 16.2. The van der Waals surface area contributed by atoms with Crippen LogP contribution in [0.4, 0.5) is 0 Å². The first-order valence-electron chi connectivity index (χ1n) is 1.45. The number of hydrogen-bond donors (Lipinski definition) is 1. The number of hydrogen-bond acceptors (Lipinski definition) is 1. The largest absolute Gasteiger partial charge is 0.483 e. The van der Waals surface area contributed by atoms with Crippen LogP contribution in [0.3, 0.4) is 0 Å². The maximum atomic E-state index is 4.90. The first-order valence-corrected chi connectivity index (χ1v) is 1.45. The summed E-state index contributed by atoms with van der Waals surface area (Å²) < 4.78 is 0. The second-order valence-electron chi connectivity index (χ2n) is 0.644. The van der Waals surface area contributed by atoms with Crippen LogP contribution in [-0.2, 0) is 21.7 Å². The van der Waals surface area contributed by atoms with Crippen molar-refractivity contribution in [3.8, 4) is 0 Å². The van der Waals surface area contributed by atoms with Crippen molar-refractivity contribution >= 4 is 0 Å². The summed E-state index contributed by atoms with van der Waals surface area (Å²) in [6, 6.07) is 0. The van der Waals surface area contributed by atoms with Crippen LogP contribution in [0, 0.1) is 6.54 Å². The van der Waals surface area contributed by atoms with Crippen molar-refractivity contribution in [2.24, 2.45) is 5.73 Å². The fourth-order valence-electron chi connectivity index (χ4n) is 0. The van der Waals surface area contributed by atoms with Gasteiger partial charge in [0.15, 0.2) is 0 Å². The van der Waals surface area contributed by atoms with Gasteiger partial charge in [-0.2, -0.15) is 6.42 Å². The van der Waals surface area contributed by atoms with Gasteiger partial charge in [0.2, 0.25) is 0 Å². The Hall–Kier alpha value is 0.674. The molecule has 0 saturated carbocycles. The maximum Gasteiger partial charge on any atom is 0 e. The van der Waals surface area contributed by atoms with E-state index in [-0.39, 0.29) is 21.7 Å². The monoisotopic (exact) mass is 106 g/mol. The van der Waals surface area contributed by atoms with Gasteiger partial charge in [-0.3, -0.25) is 6.54 Å². The molecule has 0 amide bonds. The summed E-state index contributed by atoms with van der Waals surface area (Å²) in [6.07, 6.45) is 0.972. The van der Waals surface area contributed by atoms with Crippen LogP contribution in [0.2, 0.25) is 0 Å². The van der Waals surface area contributed by atoms with Crippen LogP contribution in [0.25, 0.3) is 0 Å². The summed E-state index contributed by atoms with van der Waals surface area (Å²) in [7, 11) is 0. The molecule has 2 N–H and O–H groups in total. The molecule has 1 nitrogen and oxygen atoms in total. The molecule has 2 heteroatoms. The summed E-state index contributed by atoms with van der Waals surface area (Å²) in [6.45, 7) is 3.62. The molecule has 0 rings (SSSR count). The van der Waals surface area contributed by atoms with Crippen molar-refractivity contribution in [3.63, 3.8) is 0 Å². The van der Waals surface area contributed by atoms with Gasteiger partial charge in [0.25, 0.3) is 0 Å². The van der Waals surface area contributed by atoms with E-state index in [4.69, 9.17) is 5.73 Å². The van der Waals surface area contributed by atoms with Crippen molar-refractivity contribution in [1.29, 1.82) is 0 Å². The second-order valence-corrected chi connectivity index (χ2v) is 0.644. The van der Waals surface area contributed by atoms with E-state index in [1.165, 1.54) is 0 Å². The minimum absolute atomic E-state index is 0. The third-order valence-corrected chi connectivity index (χ3v) is 0.236. The van der Waals surface area contributed by atoms with Crippen molar-refractivity contribution in [1.82, 2.24) is 0 Å². The first kappa shape index (κ1) is 9.18. The van der Waals surface area contributed by atoms with Crippen LogP contribution in [-0.4, -0.2) is 0 Å². The summed E-state index contributed by atoms with van der Waals surface area (Å²) >= 11 is 0. The smallest absolute Gasteiger partial charge is 0 e. The van der Waals surface area contributed by atoms with E-state index in [0.29, 0.717) is 0 Å². The number of rotatable bonds is 1. The fraction of sp³-hybridized carbons (Fsp3) is 0.667. The molecule has 0 fully saturated rings. The molecule has 5 heavy (non-hydrogen) atoms. The predicted molar refractivity (Wildman–Crippen MR) is 18.8 cm³/mol. The van der Waals surface area contributed by atoms with Crippen molar-refractivity contribution in [2.75, 3.05) is 0 Å². The molecule has 0 unspecified atom stereocenters. The first-order chi connectivity index (χ1) is 1.91. The quantitative estimate of drug-likeness (QED) is 0.382. The molecule has 0 aliphatic heterocycles. The van der Waals surface area contributed by atoms with Gasteiger partial charge in [-0.1, -0.05) is 6.92 Å². The molecule has 0 aromatic rings. The van der Waals surface area contributed by atoms with E-state index in [2.05, 4.69) is 0 Å². The van der Waals surface area contributed by atoms with Gasteiger partial charge in [0.1, 0.15) is 0 Å². The molecule has 0 radical (unpaired) electrons. The van der Waals surface area contributed by atoms with Gasteiger partial charge in [0, 0.05) is 21.7 Å². The minimum atomic E-state index is 0. The van der Waals surface area contributed by atoms with Gasteiger partial charge in [-0.15, -0.1) is 0 Å². The van der Waals surface area contributed by atoms with Crippen molar-refractivity contribution in [2.45, 2.75) is 13.3 Å². The summed E-state index contributed by atoms with van der Waals surface area (Å²) in [5, 5.41) is 0. The Morgan fingerprint density at radius 3 is 2.00 bits per heavy atom. The average molecular weight is 106 g/mol. The van der Waals surface area contributed by atoms with Crippen LogP contribution >= 0.6 is 0 Å². The van der Waals surface area contributed by atoms with Crippen molar-refractivity contribution < 1.29 is 21.7 Å². The topological polar surface area (TPSA) is 26.0 Å². The second kappa shape index (κ2) is 8.82. The standard InChI is InChI=1S/C3H8N.Ti/c1-2-3-4;/h3H,2,4H2,1H3;/q-1;. The SMILES string of the molecule is CC[CH-]N.[Ti]. The molecule has 0 aliphatic rings. The fourth-order valence-corrected chi connectivity index (χ4v) is 0. The molecule has 0 heterocycles. The van der Waals surface area contributed by atoms with Gasteiger partial charge < -0.3 is 5.73 Å². The van der Waals surface area contributed by atoms with Crippen LogP contribution < -0.4 is 5.73 Å². The van der Waals surface area contributed by atoms with Gasteiger partial charge in [-0.05, 0) is 0 Å². The molecule has 0 aromatic carbocycles. The van der Waals surface area contributed by atoms with E-state index in [1.807, 2.05) is 6.92 Å². The Morgan fingerprint density at radius 2 is 2.00 bits per heavy atom. The molecule has 0 atom stereocenters. The van der Waals surface area contributed by atoms with Crippen LogP contribution in [0.5, 0.6) is 0 Å². The van der Waals surface area contributed by atoms with Gasteiger partial charge in [0.05, 0.1) is 0 Å². The molecule has 0 spiro atoms. The zero-order valence-corrected chi connectivity index (χ0v) is 4.92. The van der Waals surface area contributed by atoms with E-state index in [1.54, 1.807) is 6.54 Å². The average Bonchev–Trinajstić information content (AvgIpc) is 1.37. The summed E-state index contributed by atoms with van der Waals surface area (Å²) in [5.41, 5.74) is 4.90. The Bertz CT molecular complexity index is 8.85. The minimum Gasteiger partial charge on any atom is -0.483 e. The normalized spacial score (nSPS) is 6.00. The van der Waals surface area contributed by atoms with Crippen LogP contribution in [0.1, 0.15) is 13.3 Å². The molecule has 0 aliphatic carbocycles. The molecule has 0 saturated heterocycles. The maximum absolute atomic E-state index is 4.90. The molecular weight excluding hydrogens is 97.9 g/mol. The Morgan fingerprint density at radius 1 is 1.80 bits per heavy atom. The zero-order chi connectivity index (χ0) is 3.41. The third-order valence-electron chi connectivity index (χ3n) is 0.236. The zero-order valence-electron chi connectivity index (χ0n) is 3.36. The Balaban J connectivity index is 0. The third kappa shape index (κ3) is 11.9. The molecule has 0 bridgehead atoms. The molecule has 0 aromatic heterocycles. The van der Waals surface area contributed by atoms with E-state index in [9.17, 15) is 0 Å².